The van der Waals surface area contributed by atoms with Gasteiger partial charge in [-0.3, -0.25) is 0 Å². The summed E-state index contributed by atoms with van der Waals surface area (Å²) in [7, 11) is 1.23. The Morgan fingerprint density at radius 2 is 1.77 bits per heavy atom. The average molecular weight is 547 g/mol. The van der Waals surface area contributed by atoms with Gasteiger partial charge < -0.3 is 18.8 Å². The Labute approximate surface area is 229 Å². The van der Waals surface area contributed by atoms with E-state index in [2.05, 4.69) is 16.7 Å². The molecule has 1 unspecified atom stereocenters. The summed E-state index contributed by atoms with van der Waals surface area (Å²) in [6.45, 7) is 8.85. The van der Waals surface area contributed by atoms with Crippen LogP contribution in [0.15, 0.2) is 79.0 Å². The third-order valence-corrected chi connectivity index (χ3v) is 6.14. The Kier molecular flexibility index (Phi) is 8.59. The van der Waals surface area contributed by atoms with E-state index in [1.807, 2.05) is 30.3 Å². The lowest BCUT2D eigenvalue weighted by molar-refractivity contribution is -0.278. The predicted molar refractivity (Wildman–Crippen MR) is 144 cm³/mol. The number of nitrogens with zero attached hydrogens (tertiary/aromatic N) is 2. The Morgan fingerprint density at radius 3 is 2.40 bits per heavy atom. The molecule has 4 aromatic rings. The number of hydrogen-bond acceptors (Lipinski definition) is 4. The van der Waals surface area contributed by atoms with Crippen molar-refractivity contribution in [3.05, 3.63) is 113 Å². The molecule has 0 radical (unpaired) electrons. The largest absolute Gasteiger partial charge is 0.462 e. The monoisotopic (exact) mass is 546 g/mol. The summed E-state index contributed by atoms with van der Waals surface area (Å²) in [5.41, 5.74) is -1.21. The lowest BCUT2D eigenvalue weighted by atomic mass is 9.92. The maximum Gasteiger partial charge on any atom is 0.433 e. The lowest BCUT2D eigenvalue weighted by Crippen LogP contribution is -2.44. The molecule has 6 nitrogen and oxygen atoms in total. The molecule has 0 spiro atoms. The summed E-state index contributed by atoms with van der Waals surface area (Å²) in [5.74, 6) is 4.39. The molecule has 0 aliphatic carbocycles. The number of carbonyl (C=O) groups excluding carboxylic acids is 1. The fourth-order valence-corrected chi connectivity index (χ4v) is 4.24. The van der Waals surface area contributed by atoms with Gasteiger partial charge in [0, 0.05) is 41.9 Å². The van der Waals surface area contributed by atoms with Crippen LogP contribution >= 0.6 is 0 Å². The molecule has 0 bridgehead atoms. The summed E-state index contributed by atoms with van der Waals surface area (Å²) >= 11 is 0. The first-order valence-corrected chi connectivity index (χ1v) is 12.3. The summed E-state index contributed by atoms with van der Waals surface area (Å²) in [5, 5.41) is 0.240. The molecule has 3 aromatic carbocycles. The number of ether oxygens (including phenoxy) is 3. The number of benzene rings is 3. The van der Waals surface area contributed by atoms with E-state index < -0.39 is 24.5 Å². The van der Waals surface area contributed by atoms with Crippen LogP contribution in [0.1, 0.15) is 34.0 Å². The number of esters is 1. The second-order valence-corrected chi connectivity index (χ2v) is 8.75. The SMILES string of the molecule is [C-]#[N+]c1ccc2c(C(C#Cc3ccc(C(=O)OCC)cc3)(OCOC)C(F)(F)F)cn(Cc3ccccc3)c2c1. The van der Waals surface area contributed by atoms with Gasteiger partial charge in [-0.2, -0.15) is 13.2 Å². The first kappa shape index (κ1) is 28.4. The standard InChI is InChI=1S/C31H25F3N2O4/c1-4-39-29(37)24-12-10-22(11-13-24)16-17-30(31(32,33)34,40-21-38-3)27-20-36(19-23-8-6-5-7-9-23)28-18-25(35-2)14-15-26(27)28/h5-15,18,20H,4,19,21H2,1,3H3. The third kappa shape index (κ3) is 5.86. The summed E-state index contributed by atoms with van der Waals surface area (Å²) in [6.07, 6.45) is -3.61. The van der Waals surface area contributed by atoms with Crippen molar-refractivity contribution in [1.29, 1.82) is 0 Å². The minimum atomic E-state index is -4.98. The number of aromatic nitrogens is 1. The quantitative estimate of drug-likeness (QED) is 0.105. The Hall–Kier alpha value is -4.57. The Morgan fingerprint density at radius 1 is 1.05 bits per heavy atom. The van der Waals surface area contributed by atoms with E-state index >= 15 is 13.2 Å². The molecule has 0 saturated heterocycles. The van der Waals surface area contributed by atoms with Crippen molar-refractivity contribution in [2.24, 2.45) is 0 Å². The second-order valence-electron chi connectivity index (χ2n) is 8.75. The van der Waals surface area contributed by atoms with Crippen molar-refractivity contribution in [2.75, 3.05) is 20.5 Å². The van der Waals surface area contributed by atoms with Crippen LogP contribution in [-0.2, 0) is 26.4 Å². The second kappa shape index (κ2) is 12.1. The van der Waals surface area contributed by atoms with Crippen LogP contribution < -0.4 is 0 Å². The third-order valence-electron chi connectivity index (χ3n) is 6.14. The van der Waals surface area contributed by atoms with E-state index in [1.165, 1.54) is 49.7 Å². The molecular weight excluding hydrogens is 521 g/mol. The predicted octanol–water partition coefficient (Wildman–Crippen LogP) is 6.85. The number of halogens is 3. The first-order chi connectivity index (χ1) is 19.2. The highest BCUT2D eigenvalue weighted by Gasteiger charge is 2.58. The van der Waals surface area contributed by atoms with Crippen molar-refractivity contribution < 1.29 is 32.2 Å². The minimum absolute atomic E-state index is 0.195. The van der Waals surface area contributed by atoms with Gasteiger partial charge in [0.15, 0.2) is 5.69 Å². The maximum atomic E-state index is 15.0. The molecular formula is C31H25F3N2O4. The normalized spacial score (nSPS) is 12.7. The summed E-state index contributed by atoms with van der Waals surface area (Å²) in [6, 6.07) is 19.5. The molecule has 0 fully saturated rings. The van der Waals surface area contributed by atoms with Gasteiger partial charge in [0.25, 0.3) is 5.60 Å². The zero-order chi connectivity index (χ0) is 28.8. The molecule has 1 aromatic heterocycles. The van der Waals surface area contributed by atoms with Crippen LogP contribution in [0.25, 0.3) is 15.7 Å². The Balaban J connectivity index is 1.90. The molecule has 4 rings (SSSR count). The van der Waals surface area contributed by atoms with Gasteiger partial charge in [-0.1, -0.05) is 48.4 Å². The van der Waals surface area contributed by atoms with Crippen LogP contribution in [0.5, 0.6) is 0 Å². The van der Waals surface area contributed by atoms with Gasteiger partial charge in [0.1, 0.15) is 6.79 Å². The van der Waals surface area contributed by atoms with E-state index in [0.29, 0.717) is 5.52 Å². The highest BCUT2D eigenvalue weighted by Crippen LogP contribution is 2.46. The highest BCUT2D eigenvalue weighted by atomic mass is 19.4. The van der Waals surface area contributed by atoms with Gasteiger partial charge in [-0.15, -0.1) is 0 Å². The number of alkyl halides is 3. The molecule has 1 heterocycles. The summed E-state index contributed by atoms with van der Waals surface area (Å²) < 4.78 is 62.1. The molecule has 1 atom stereocenters. The average Bonchev–Trinajstić information content (AvgIpc) is 3.31. The smallest absolute Gasteiger partial charge is 0.433 e. The number of carbonyl (C=O) groups is 1. The zero-order valence-electron chi connectivity index (χ0n) is 21.8. The number of fused-ring (bicyclic) bond motifs is 1. The lowest BCUT2D eigenvalue weighted by Gasteiger charge is -2.30. The molecule has 0 saturated carbocycles. The first-order valence-electron chi connectivity index (χ1n) is 12.3. The topological polar surface area (TPSA) is 54.1 Å². The maximum absolute atomic E-state index is 15.0. The zero-order valence-corrected chi connectivity index (χ0v) is 21.8. The van der Waals surface area contributed by atoms with E-state index in [4.69, 9.17) is 20.8 Å². The number of hydrogen-bond donors (Lipinski definition) is 0. The minimum Gasteiger partial charge on any atom is -0.462 e. The highest BCUT2D eigenvalue weighted by molar-refractivity contribution is 5.90. The molecule has 0 aliphatic rings. The van der Waals surface area contributed by atoms with E-state index in [9.17, 15) is 4.79 Å². The molecule has 40 heavy (non-hydrogen) atoms. The fourth-order valence-electron chi connectivity index (χ4n) is 4.24. The van der Waals surface area contributed by atoms with Crippen molar-refractivity contribution in [3.63, 3.8) is 0 Å². The van der Waals surface area contributed by atoms with Gasteiger partial charge in [0.05, 0.1) is 18.7 Å². The summed E-state index contributed by atoms with van der Waals surface area (Å²) in [4.78, 5) is 15.4. The van der Waals surface area contributed by atoms with Crippen molar-refractivity contribution in [2.45, 2.75) is 25.2 Å². The molecule has 0 N–H and O–H groups in total. The number of rotatable bonds is 8. The van der Waals surface area contributed by atoms with Crippen LogP contribution in [0.2, 0.25) is 0 Å². The van der Waals surface area contributed by atoms with Crippen LogP contribution in [0.3, 0.4) is 0 Å². The van der Waals surface area contributed by atoms with Crippen LogP contribution in [0.4, 0.5) is 18.9 Å². The van der Waals surface area contributed by atoms with Crippen molar-refractivity contribution in [3.8, 4) is 11.8 Å². The molecule has 204 valence electrons. The number of methoxy groups -OCH3 is 1. The van der Waals surface area contributed by atoms with E-state index in [1.54, 1.807) is 17.6 Å². The van der Waals surface area contributed by atoms with Crippen molar-refractivity contribution in [1.82, 2.24) is 4.57 Å². The van der Waals surface area contributed by atoms with E-state index in [-0.39, 0.29) is 40.9 Å². The Bertz CT molecular complexity index is 1590. The van der Waals surface area contributed by atoms with Gasteiger partial charge in [-0.25, -0.2) is 9.64 Å². The molecule has 0 aliphatic heterocycles. The van der Waals surface area contributed by atoms with Gasteiger partial charge in [-0.05, 0) is 48.7 Å². The van der Waals surface area contributed by atoms with E-state index in [0.717, 1.165) is 5.56 Å². The van der Waals surface area contributed by atoms with Crippen LogP contribution in [-0.4, -0.2) is 37.2 Å². The van der Waals surface area contributed by atoms with Gasteiger partial charge >= 0.3 is 12.1 Å². The van der Waals surface area contributed by atoms with Crippen molar-refractivity contribution >= 4 is 22.6 Å². The molecule has 9 heteroatoms. The fraction of sp³-hybridized carbons (Fsp3) is 0.226. The van der Waals surface area contributed by atoms with Gasteiger partial charge in [0.2, 0.25) is 0 Å². The molecule has 0 amide bonds. The van der Waals surface area contributed by atoms with Crippen LogP contribution in [0, 0.1) is 18.4 Å².